The first-order chi connectivity index (χ1) is 19.1. The maximum Gasteiger partial charge on any atom is 0.417 e. The molecule has 0 unspecified atom stereocenters. The van der Waals surface area contributed by atoms with E-state index < -0.39 is 17.2 Å². The summed E-state index contributed by atoms with van der Waals surface area (Å²) >= 11 is 0. The SMILES string of the molecule is COCCNC(=O)N1C[C@@H]2C[C@@H](N[C@H]3CCOC[C@H]3OC)C[C@]2(C(=O)N2CCc3ncc(C(F)(F)F)cc3C2)C1. The molecule has 1 aromatic heterocycles. The number of ether oxygens (including phenoxy) is 3. The van der Waals surface area contributed by atoms with Crippen LogP contribution < -0.4 is 10.6 Å². The first kappa shape index (κ1) is 29.0. The van der Waals surface area contributed by atoms with Gasteiger partial charge in [0.25, 0.3) is 0 Å². The second kappa shape index (κ2) is 11.8. The molecule has 10 nitrogen and oxygen atoms in total. The van der Waals surface area contributed by atoms with Crippen molar-refractivity contribution in [2.24, 2.45) is 11.3 Å². The van der Waals surface area contributed by atoms with Gasteiger partial charge in [0.15, 0.2) is 0 Å². The van der Waals surface area contributed by atoms with Gasteiger partial charge in [0.2, 0.25) is 5.91 Å². The molecule has 40 heavy (non-hydrogen) atoms. The molecule has 1 aliphatic carbocycles. The number of rotatable bonds is 7. The van der Waals surface area contributed by atoms with Crippen LogP contribution in [0.15, 0.2) is 12.3 Å². The smallest absolute Gasteiger partial charge is 0.383 e. The van der Waals surface area contributed by atoms with Crippen LogP contribution in [0.2, 0.25) is 0 Å². The summed E-state index contributed by atoms with van der Waals surface area (Å²) < 4.78 is 56.3. The van der Waals surface area contributed by atoms with Crippen molar-refractivity contribution in [1.29, 1.82) is 0 Å². The molecule has 4 aliphatic rings. The zero-order valence-electron chi connectivity index (χ0n) is 23.0. The van der Waals surface area contributed by atoms with Gasteiger partial charge in [0.05, 0.1) is 30.3 Å². The van der Waals surface area contributed by atoms with Crippen LogP contribution in [0.25, 0.3) is 0 Å². The highest BCUT2D eigenvalue weighted by Gasteiger charge is 2.59. The Balaban J connectivity index is 1.35. The summed E-state index contributed by atoms with van der Waals surface area (Å²) in [5.74, 6) is -0.181. The molecule has 0 aromatic carbocycles. The van der Waals surface area contributed by atoms with Gasteiger partial charge in [-0.15, -0.1) is 0 Å². The van der Waals surface area contributed by atoms with Gasteiger partial charge in [-0.1, -0.05) is 0 Å². The lowest BCUT2D eigenvalue weighted by Crippen LogP contribution is -2.52. The van der Waals surface area contributed by atoms with Gasteiger partial charge in [-0.3, -0.25) is 9.78 Å². The number of hydrogen-bond donors (Lipinski definition) is 2. The van der Waals surface area contributed by atoms with E-state index in [1.165, 1.54) is 0 Å². The average molecular weight is 570 g/mol. The highest BCUT2D eigenvalue weighted by molar-refractivity contribution is 5.86. The van der Waals surface area contributed by atoms with Crippen molar-refractivity contribution in [3.8, 4) is 0 Å². The summed E-state index contributed by atoms with van der Waals surface area (Å²) in [6.07, 6.45) is -1.29. The fourth-order valence-electron chi connectivity index (χ4n) is 6.86. The molecule has 3 fully saturated rings. The number of likely N-dealkylation sites (tertiary alicyclic amines) is 1. The topological polar surface area (TPSA) is 105 Å². The van der Waals surface area contributed by atoms with Gasteiger partial charge < -0.3 is 34.6 Å². The lowest BCUT2D eigenvalue weighted by atomic mass is 9.78. The molecule has 1 saturated carbocycles. The predicted octanol–water partition coefficient (Wildman–Crippen LogP) is 1.82. The van der Waals surface area contributed by atoms with E-state index >= 15 is 0 Å². The molecular weight excluding hydrogens is 531 g/mol. The predicted molar refractivity (Wildman–Crippen MR) is 137 cm³/mol. The number of alkyl halides is 3. The maximum absolute atomic E-state index is 14.3. The zero-order valence-corrected chi connectivity index (χ0v) is 23.0. The Labute approximate surface area is 231 Å². The van der Waals surface area contributed by atoms with E-state index in [-0.39, 0.29) is 49.1 Å². The second-order valence-corrected chi connectivity index (χ2v) is 11.3. The van der Waals surface area contributed by atoms with Crippen LogP contribution in [-0.4, -0.2) is 105 Å². The highest BCUT2D eigenvalue weighted by Crippen LogP contribution is 2.50. The fourth-order valence-corrected chi connectivity index (χ4v) is 6.86. The Morgan fingerprint density at radius 1 is 1.27 bits per heavy atom. The van der Waals surface area contributed by atoms with Crippen LogP contribution in [0.1, 0.15) is 36.1 Å². The number of carbonyl (C=O) groups excluding carboxylic acids is 2. The fraction of sp³-hybridized carbons (Fsp3) is 0.741. The summed E-state index contributed by atoms with van der Waals surface area (Å²) in [4.78, 5) is 34.7. The lowest BCUT2D eigenvalue weighted by molar-refractivity contribution is -0.143. The van der Waals surface area contributed by atoms with Crippen LogP contribution in [0.3, 0.4) is 0 Å². The number of amides is 3. The summed E-state index contributed by atoms with van der Waals surface area (Å²) in [6.45, 7) is 3.03. The van der Waals surface area contributed by atoms with Crippen molar-refractivity contribution in [2.75, 3.05) is 60.2 Å². The molecule has 3 amide bonds. The van der Waals surface area contributed by atoms with Gasteiger partial charge in [-0.05, 0) is 36.8 Å². The number of nitrogens with zero attached hydrogens (tertiary/aromatic N) is 3. The second-order valence-electron chi connectivity index (χ2n) is 11.3. The van der Waals surface area contributed by atoms with Crippen LogP contribution in [-0.2, 0) is 38.1 Å². The number of urea groups is 1. The summed E-state index contributed by atoms with van der Waals surface area (Å²) in [7, 11) is 3.22. The Morgan fingerprint density at radius 3 is 2.85 bits per heavy atom. The van der Waals surface area contributed by atoms with E-state index in [9.17, 15) is 22.8 Å². The van der Waals surface area contributed by atoms with Crippen LogP contribution in [0.5, 0.6) is 0 Å². The number of nitrogens with one attached hydrogen (secondary N) is 2. The third kappa shape index (κ3) is 5.79. The molecule has 1 aromatic rings. The molecule has 5 atom stereocenters. The molecule has 222 valence electrons. The van der Waals surface area contributed by atoms with Crippen molar-refractivity contribution < 1.29 is 37.0 Å². The molecule has 4 heterocycles. The van der Waals surface area contributed by atoms with E-state index in [1.807, 2.05) is 0 Å². The Kier molecular flexibility index (Phi) is 8.55. The number of halogens is 3. The maximum atomic E-state index is 14.3. The van der Waals surface area contributed by atoms with Gasteiger partial charge in [-0.2, -0.15) is 13.2 Å². The molecule has 13 heteroatoms. The molecule has 5 rings (SSSR count). The standard InChI is InChI=1S/C27H38F3N5O5/c1-38-8-5-31-25(37)35-14-19-10-20(33-22-4-7-40-15-23(22)39-2)11-26(19,16-35)24(36)34-6-3-21-17(13-34)9-18(12-32-21)27(28,29)30/h9,12,19-20,22-23,33H,3-8,10-11,13-16H2,1-2H3,(H,31,37)/t19-,20+,22-,23+,26-/m0/s1. The largest absolute Gasteiger partial charge is 0.417 e. The van der Waals surface area contributed by atoms with E-state index in [4.69, 9.17) is 14.2 Å². The first-order valence-corrected chi connectivity index (χ1v) is 13.9. The molecule has 2 saturated heterocycles. The molecule has 2 N–H and O–H groups in total. The minimum absolute atomic E-state index is 0.0454. The Bertz CT molecular complexity index is 1090. The number of pyridine rings is 1. The highest BCUT2D eigenvalue weighted by atomic mass is 19.4. The van der Waals surface area contributed by atoms with Crippen molar-refractivity contribution in [2.45, 2.75) is 56.6 Å². The third-order valence-corrected chi connectivity index (χ3v) is 8.88. The van der Waals surface area contributed by atoms with Crippen molar-refractivity contribution in [3.05, 3.63) is 29.1 Å². The van der Waals surface area contributed by atoms with Crippen molar-refractivity contribution in [3.63, 3.8) is 0 Å². The first-order valence-electron chi connectivity index (χ1n) is 13.9. The van der Waals surface area contributed by atoms with Gasteiger partial charge in [0.1, 0.15) is 0 Å². The van der Waals surface area contributed by atoms with Crippen molar-refractivity contribution in [1.82, 2.24) is 25.4 Å². The summed E-state index contributed by atoms with van der Waals surface area (Å²) in [6, 6.07) is 1.01. The van der Waals surface area contributed by atoms with E-state index in [0.717, 1.165) is 18.7 Å². The molecule has 0 radical (unpaired) electrons. The molecule has 0 bridgehead atoms. The van der Waals surface area contributed by atoms with Gasteiger partial charge in [0, 0.05) is 83.9 Å². The Hall–Kier alpha value is -2.48. The quantitative estimate of drug-likeness (QED) is 0.483. The van der Waals surface area contributed by atoms with E-state index in [0.29, 0.717) is 70.0 Å². The van der Waals surface area contributed by atoms with Crippen molar-refractivity contribution >= 4 is 11.9 Å². The third-order valence-electron chi connectivity index (χ3n) is 8.88. The van der Waals surface area contributed by atoms with Crippen LogP contribution in [0, 0.1) is 11.3 Å². The lowest BCUT2D eigenvalue weighted by Gasteiger charge is -2.37. The summed E-state index contributed by atoms with van der Waals surface area (Å²) in [5, 5.41) is 6.56. The molecule has 0 spiro atoms. The zero-order chi connectivity index (χ0) is 28.5. The van der Waals surface area contributed by atoms with Gasteiger partial charge >= 0.3 is 12.2 Å². The van der Waals surface area contributed by atoms with Crippen LogP contribution >= 0.6 is 0 Å². The Morgan fingerprint density at radius 2 is 2.10 bits per heavy atom. The number of fused-ring (bicyclic) bond motifs is 2. The normalized spacial score (nSPS) is 30.2. The average Bonchev–Trinajstić information content (AvgIpc) is 3.47. The summed E-state index contributed by atoms with van der Waals surface area (Å²) in [5.41, 5.74) is -0.623. The minimum atomic E-state index is -4.51. The van der Waals surface area contributed by atoms with E-state index in [2.05, 4.69) is 15.6 Å². The number of carbonyl (C=O) groups is 2. The van der Waals surface area contributed by atoms with E-state index in [1.54, 1.807) is 24.0 Å². The monoisotopic (exact) mass is 569 g/mol. The number of aromatic nitrogens is 1. The van der Waals surface area contributed by atoms with Gasteiger partial charge in [-0.25, -0.2) is 4.79 Å². The molecule has 3 aliphatic heterocycles. The minimum Gasteiger partial charge on any atom is -0.383 e. The van der Waals surface area contributed by atoms with Crippen LogP contribution in [0.4, 0.5) is 18.0 Å². The number of hydrogen-bond acceptors (Lipinski definition) is 7. The number of methoxy groups -OCH3 is 2. The molecular formula is C27H38F3N5O5.